The van der Waals surface area contributed by atoms with Crippen molar-refractivity contribution in [3.63, 3.8) is 0 Å². The van der Waals surface area contributed by atoms with Crippen LogP contribution in [0.4, 0.5) is 5.69 Å². The predicted octanol–water partition coefficient (Wildman–Crippen LogP) is 1.32. The van der Waals surface area contributed by atoms with Crippen LogP contribution in [0.25, 0.3) is 0 Å². The van der Waals surface area contributed by atoms with E-state index in [0.717, 1.165) is 5.56 Å². The van der Waals surface area contributed by atoms with Crippen LogP contribution in [0.1, 0.15) is 29.3 Å². The first-order valence-corrected chi connectivity index (χ1v) is 9.67. The third-order valence-electron chi connectivity index (χ3n) is 4.44. The van der Waals surface area contributed by atoms with Crippen LogP contribution in [0.15, 0.2) is 54.6 Å². The van der Waals surface area contributed by atoms with E-state index in [1.165, 1.54) is 17.0 Å². The Hall–Kier alpha value is -3.68. The second-order valence-electron chi connectivity index (χ2n) is 6.65. The molecule has 2 aromatic rings. The van der Waals surface area contributed by atoms with Crippen LogP contribution in [0.5, 0.6) is 0 Å². The first kappa shape index (κ1) is 22.6. The standard InChI is InChI=1S/C22H26N4O4/c1-2-26(21(29)15-24-20(28)14-16-6-4-3-5-7-16)13-12-19(27)25-18-10-8-17(9-11-18)22(23)30/h3-11H,2,12-15H2,1H3,(H2,23,30)(H,24,28)(H,25,27). The van der Waals surface area contributed by atoms with E-state index in [1.54, 1.807) is 12.1 Å². The smallest absolute Gasteiger partial charge is 0.248 e. The number of hydrogen-bond donors (Lipinski definition) is 3. The lowest BCUT2D eigenvalue weighted by Crippen LogP contribution is -2.41. The monoisotopic (exact) mass is 410 g/mol. The van der Waals surface area contributed by atoms with Crippen molar-refractivity contribution in [3.05, 3.63) is 65.7 Å². The third kappa shape index (κ3) is 7.38. The van der Waals surface area contributed by atoms with Gasteiger partial charge in [-0.3, -0.25) is 19.2 Å². The van der Waals surface area contributed by atoms with Crippen LogP contribution >= 0.6 is 0 Å². The van der Waals surface area contributed by atoms with Crippen LogP contribution in [-0.4, -0.2) is 48.2 Å². The van der Waals surface area contributed by atoms with Crippen molar-refractivity contribution in [1.82, 2.24) is 10.2 Å². The molecule has 0 saturated carbocycles. The van der Waals surface area contributed by atoms with Gasteiger partial charge in [-0.05, 0) is 36.8 Å². The van der Waals surface area contributed by atoms with Gasteiger partial charge < -0.3 is 21.3 Å². The minimum Gasteiger partial charge on any atom is -0.366 e. The molecule has 2 aromatic carbocycles. The summed E-state index contributed by atoms with van der Waals surface area (Å²) in [5.41, 5.74) is 6.94. The molecule has 0 aliphatic heterocycles. The zero-order valence-corrected chi connectivity index (χ0v) is 16.9. The number of benzene rings is 2. The van der Waals surface area contributed by atoms with Gasteiger partial charge in [-0.2, -0.15) is 0 Å². The van der Waals surface area contributed by atoms with Gasteiger partial charge in [0.05, 0.1) is 13.0 Å². The molecule has 0 unspecified atom stereocenters. The minimum atomic E-state index is -0.541. The summed E-state index contributed by atoms with van der Waals surface area (Å²) in [5, 5.41) is 5.32. The number of nitrogens with zero attached hydrogens (tertiary/aromatic N) is 1. The normalized spacial score (nSPS) is 10.2. The molecule has 0 bridgehead atoms. The van der Waals surface area contributed by atoms with Gasteiger partial charge in [0, 0.05) is 30.8 Å². The molecular formula is C22H26N4O4. The van der Waals surface area contributed by atoms with Gasteiger partial charge in [0.2, 0.25) is 23.6 Å². The molecule has 0 aliphatic carbocycles. The molecule has 2 rings (SSSR count). The van der Waals surface area contributed by atoms with E-state index in [4.69, 9.17) is 5.73 Å². The first-order chi connectivity index (χ1) is 14.4. The summed E-state index contributed by atoms with van der Waals surface area (Å²) < 4.78 is 0. The van der Waals surface area contributed by atoms with E-state index in [9.17, 15) is 19.2 Å². The average molecular weight is 410 g/mol. The Morgan fingerprint density at radius 1 is 0.933 bits per heavy atom. The van der Waals surface area contributed by atoms with Crippen molar-refractivity contribution in [1.29, 1.82) is 0 Å². The van der Waals surface area contributed by atoms with Gasteiger partial charge in [0.1, 0.15) is 0 Å². The topological polar surface area (TPSA) is 122 Å². The summed E-state index contributed by atoms with van der Waals surface area (Å²) in [6, 6.07) is 15.5. The fourth-order valence-electron chi connectivity index (χ4n) is 2.77. The highest BCUT2D eigenvalue weighted by molar-refractivity contribution is 5.95. The summed E-state index contributed by atoms with van der Waals surface area (Å²) >= 11 is 0. The van der Waals surface area contributed by atoms with Gasteiger partial charge in [-0.15, -0.1) is 0 Å². The zero-order chi connectivity index (χ0) is 21.9. The molecule has 30 heavy (non-hydrogen) atoms. The largest absolute Gasteiger partial charge is 0.366 e. The lowest BCUT2D eigenvalue weighted by molar-refractivity contribution is -0.133. The molecule has 0 radical (unpaired) electrons. The van der Waals surface area contributed by atoms with Crippen LogP contribution in [0.2, 0.25) is 0 Å². The van der Waals surface area contributed by atoms with Gasteiger partial charge in [-0.1, -0.05) is 30.3 Å². The Morgan fingerprint density at radius 2 is 1.60 bits per heavy atom. The number of amides is 4. The fourth-order valence-corrected chi connectivity index (χ4v) is 2.77. The number of anilines is 1. The van der Waals surface area contributed by atoms with Crippen molar-refractivity contribution < 1.29 is 19.2 Å². The van der Waals surface area contributed by atoms with Crippen LogP contribution in [0, 0.1) is 0 Å². The molecular weight excluding hydrogens is 384 g/mol. The van der Waals surface area contributed by atoms with Gasteiger partial charge in [0.25, 0.3) is 0 Å². The van der Waals surface area contributed by atoms with Crippen molar-refractivity contribution in [2.75, 3.05) is 25.0 Å². The number of hydrogen-bond acceptors (Lipinski definition) is 4. The number of rotatable bonds is 10. The summed E-state index contributed by atoms with van der Waals surface area (Å²) in [6.07, 6.45) is 0.312. The maximum absolute atomic E-state index is 12.3. The summed E-state index contributed by atoms with van der Waals surface area (Å²) in [5.74, 6) is -1.29. The lowest BCUT2D eigenvalue weighted by Gasteiger charge is -2.21. The third-order valence-corrected chi connectivity index (χ3v) is 4.44. The SMILES string of the molecule is CCN(CCC(=O)Nc1ccc(C(N)=O)cc1)C(=O)CNC(=O)Cc1ccccc1. The number of carbonyl (C=O) groups is 4. The molecule has 0 aromatic heterocycles. The van der Waals surface area contributed by atoms with Crippen LogP contribution in [-0.2, 0) is 20.8 Å². The van der Waals surface area contributed by atoms with Gasteiger partial charge >= 0.3 is 0 Å². The molecule has 4 amide bonds. The Morgan fingerprint density at radius 3 is 2.20 bits per heavy atom. The minimum absolute atomic E-state index is 0.106. The average Bonchev–Trinajstić information content (AvgIpc) is 2.73. The Bertz CT molecular complexity index is 882. The summed E-state index contributed by atoms with van der Waals surface area (Å²) in [6.45, 7) is 2.35. The highest BCUT2D eigenvalue weighted by atomic mass is 16.2. The Kier molecular flexibility index (Phi) is 8.56. The van der Waals surface area contributed by atoms with Crippen molar-refractivity contribution in [2.24, 2.45) is 5.73 Å². The molecule has 4 N–H and O–H groups in total. The van der Waals surface area contributed by atoms with E-state index in [-0.39, 0.29) is 43.7 Å². The van der Waals surface area contributed by atoms with E-state index < -0.39 is 5.91 Å². The molecule has 0 aliphatic rings. The van der Waals surface area contributed by atoms with Crippen molar-refractivity contribution in [3.8, 4) is 0 Å². The number of primary amides is 1. The molecule has 8 heteroatoms. The fraction of sp³-hybridized carbons (Fsp3) is 0.273. The van der Waals surface area contributed by atoms with Crippen LogP contribution in [0.3, 0.4) is 0 Å². The first-order valence-electron chi connectivity index (χ1n) is 9.67. The molecule has 0 atom stereocenters. The molecule has 8 nitrogen and oxygen atoms in total. The number of nitrogens with two attached hydrogens (primary N) is 1. The number of nitrogens with one attached hydrogen (secondary N) is 2. The Balaban J connectivity index is 1.75. The molecule has 158 valence electrons. The van der Waals surface area contributed by atoms with Gasteiger partial charge in [-0.25, -0.2) is 0 Å². The highest BCUT2D eigenvalue weighted by Crippen LogP contribution is 2.09. The molecule has 0 fully saturated rings. The highest BCUT2D eigenvalue weighted by Gasteiger charge is 2.15. The lowest BCUT2D eigenvalue weighted by atomic mass is 10.1. The molecule has 0 saturated heterocycles. The number of likely N-dealkylation sites (N-methyl/N-ethyl adjacent to an activating group) is 1. The van der Waals surface area contributed by atoms with Gasteiger partial charge in [0.15, 0.2) is 0 Å². The van der Waals surface area contributed by atoms with E-state index >= 15 is 0 Å². The predicted molar refractivity (Wildman–Crippen MR) is 114 cm³/mol. The zero-order valence-electron chi connectivity index (χ0n) is 16.9. The maximum atomic E-state index is 12.3. The molecule has 0 spiro atoms. The maximum Gasteiger partial charge on any atom is 0.248 e. The number of carbonyl (C=O) groups excluding carboxylic acids is 4. The quantitative estimate of drug-likeness (QED) is 0.547. The van der Waals surface area contributed by atoms with Crippen molar-refractivity contribution in [2.45, 2.75) is 19.8 Å². The second kappa shape index (κ2) is 11.4. The molecule has 0 heterocycles. The van der Waals surface area contributed by atoms with E-state index in [0.29, 0.717) is 17.8 Å². The van der Waals surface area contributed by atoms with Crippen molar-refractivity contribution >= 4 is 29.3 Å². The van der Waals surface area contributed by atoms with Crippen LogP contribution < -0.4 is 16.4 Å². The van der Waals surface area contributed by atoms with E-state index in [2.05, 4.69) is 10.6 Å². The summed E-state index contributed by atoms with van der Waals surface area (Å²) in [4.78, 5) is 49.0. The Labute approximate surface area is 175 Å². The second-order valence-corrected chi connectivity index (χ2v) is 6.65. The van der Waals surface area contributed by atoms with E-state index in [1.807, 2.05) is 37.3 Å². The summed E-state index contributed by atoms with van der Waals surface area (Å²) in [7, 11) is 0.